The number of aromatic nitrogens is 2. The van der Waals surface area contributed by atoms with Gasteiger partial charge in [-0.2, -0.15) is 5.10 Å². The number of hydrogen-bond acceptors (Lipinski definition) is 3. The number of fused-ring (bicyclic) bond motifs is 1. The van der Waals surface area contributed by atoms with Crippen molar-refractivity contribution in [3.8, 4) is 0 Å². The monoisotopic (exact) mass is 336 g/mol. The number of thioether (sulfide) groups is 1. The van der Waals surface area contributed by atoms with Gasteiger partial charge in [0.05, 0.1) is 10.9 Å². The zero-order chi connectivity index (χ0) is 15.7. The fraction of sp³-hybridized carbons (Fsp3) is 0.471. The summed E-state index contributed by atoms with van der Waals surface area (Å²) >= 11 is 7.99. The maximum absolute atomic E-state index is 9.33. The van der Waals surface area contributed by atoms with E-state index in [9.17, 15) is 5.11 Å². The number of halogens is 1. The van der Waals surface area contributed by atoms with E-state index in [1.165, 1.54) is 16.8 Å². The van der Waals surface area contributed by atoms with Crippen LogP contribution >= 0.6 is 23.4 Å². The van der Waals surface area contributed by atoms with Crippen molar-refractivity contribution in [2.45, 2.75) is 36.7 Å². The van der Waals surface area contributed by atoms with E-state index in [2.05, 4.69) is 24.2 Å². The average Bonchev–Trinajstić information content (AvgIpc) is 2.67. The summed E-state index contributed by atoms with van der Waals surface area (Å²) in [6.45, 7) is 2.34. The second-order valence-corrected chi connectivity index (χ2v) is 7.66. The van der Waals surface area contributed by atoms with E-state index in [1.807, 2.05) is 35.6 Å². The summed E-state index contributed by atoms with van der Waals surface area (Å²) in [5, 5.41) is 15.5. The van der Waals surface area contributed by atoms with Gasteiger partial charge in [0.1, 0.15) is 0 Å². The van der Waals surface area contributed by atoms with Crippen LogP contribution in [0.4, 0.5) is 0 Å². The second kappa shape index (κ2) is 6.65. The predicted molar refractivity (Wildman–Crippen MR) is 92.6 cm³/mol. The number of benzene rings is 1. The molecule has 1 aromatic carbocycles. The normalized spacial score (nSPS) is 21.5. The van der Waals surface area contributed by atoms with Gasteiger partial charge >= 0.3 is 0 Å². The SMILES string of the molecule is Cc1nn(C)c2c1C(c1ccc(Cl)cc1)SC(CCO)CC2. The molecule has 118 valence electrons. The van der Waals surface area contributed by atoms with E-state index in [1.54, 1.807) is 0 Å². The highest BCUT2D eigenvalue weighted by atomic mass is 35.5. The van der Waals surface area contributed by atoms with E-state index in [-0.39, 0.29) is 11.9 Å². The molecule has 0 bridgehead atoms. The molecular weight excluding hydrogens is 316 g/mol. The summed E-state index contributed by atoms with van der Waals surface area (Å²) in [6, 6.07) is 8.12. The Morgan fingerprint density at radius 2 is 2.09 bits per heavy atom. The lowest BCUT2D eigenvalue weighted by Gasteiger charge is -2.21. The molecule has 2 aromatic rings. The smallest absolute Gasteiger partial charge is 0.0643 e. The third-order valence-corrected chi connectivity index (χ3v) is 6.20. The minimum Gasteiger partial charge on any atom is -0.396 e. The molecule has 0 saturated carbocycles. The van der Waals surface area contributed by atoms with Crippen molar-refractivity contribution < 1.29 is 5.11 Å². The molecule has 0 spiro atoms. The molecule has 0 radical (unpaired) electrons. The maximum Gasteiger partial charge on any atom is 0.0643 e. The van der Waals surface area contributed by atoms with Gasteiger partial charge in [-0.1, -0.05) is 23.7 Å². The number of aliphatic hydroxyl groups excluding tert-OH is 1. The Morgan fingerprint density at radius 3 is 2.77 bits per heavy atom. The summed E-state index contributed by atoms with van der Waals surface area (Å²) < 4.78 is 2.02. The highest BCUT2D eigenvalue weighted by molar-refractivity contribution is 8.00. The van der Waals surface area contributed by atoms with Crippen molar-refractivity contribution >= 4 is 23.4 Å². The van der Waals surface area contributed by atoms with Crippen molar-refractivity contribution in [3.63, 3.8) is 0 Å². The van der Waals surface area contributed by atoms with Gasteiger partial charge < -0.3 is 5.11 Å². The summed E-state index contributed by atoms with van der Waals surface area (Å²) in [5.41, 5.74) is 5.03. The Kier molecular flexibility index (Phi) is 4.81. The summed E-state index contributed by atoms with van der Waals surface area (Å²) in [5.74, 6) is 0. The van der Waals surface area contributed by atoms with E-state index in [0.29, 0.717) is 5.25 Å². The largest absolute Gasteiger partial charge is 0.396 e. The van der Waals surface area contributed by atoms with Gasteiger partial charge in [-0.3, -0.25) is 4.68 Å². The van der Waals surface area contributed by atoms with Crippen LogP contribution in [0, 0.1) is 6.92 Å². The van der Waals surface area contributed by atoms with Crippen LogP contribution in [0.1, 0.15) is 40.6 Å². The Labute approximate surface area is 140 Å². The lowest BCUT2D eigenvalue weighted by Crippen LogP contribution is -2.08. The molecule has 1 N–H and O–H groups in total. The lowest BCUT2D eigenvalue weighted by molar-refractivity contribution is 0.285. The molecule has 0 saturated heterocycles. The highest BCUT2D eigenvalue weighted by Crippen LogP contribution is 2.45. The van der Waals surface area contributed by atoms with E-state index in [0.717, 1.165) is 30.0 Å². The van der Waals surface area contributed by atoms with Crippen molar-refractivity contribution in [3.05, 3.63) is 51.8 Å². The Balaban J connectivity index is 2.05. The minimum atomic E-state index is 0.249. The zero-order valence-corrected chi connectivity index (χ0v) is 14.5. The fourth-order valence-corrected chi connectivity index (χ4v) is 4.99. The lowest BCUT2D eigenvalue weighted by atomic mass is 10.00. The van der Waals surface area contributed by atoms with Gasteiger partial charge in [0.2, 0.25) is 0 Å². The quantitative estimate of drug-likeness (QED) is 0.923. The molecular formula is C17H21ClN2OS. The topological polar surface area (TPSA) is 38.0 Å². The first kappa shape index (κ1) is 15.9. The summed E-state index contributed by atoms with van der Waals surface area (Å²) in [7, 11) is 2.03. The van der Waals surface area contributed by atoms with Gasteiger partial charge in [-0.25, -0.2) is 0 Å². The Morgan fingerprint density at radius 1 is 1.36 bits per heavy atom. The van der Waals surface area contributed by atoms with Crippen molar-refractivity contribution in [1.29, 1.82) is 0 Å². The molecule has 0 amide bonds. The highest BCUT2D eigenvalue weighted by Gasteiger charge is 2.30. The molecule has 2 heterocycles. The van der Waals surface area contributed by atoms with Crippen molar-refractivity contribution in [2.24, 2.45) is 7.05 Å². The minimum absolute atomic E-state index is 0.249. The third kappa shape index (κ3) is 3.05. The molecule has 2 atom stereocenters. The first-order chi connectivity index (χ1) is 10.6. The summed E-state index contributed by atoms with van der Waals surface area (Å²) in [4.78, 5) is 0. The van der Waals surface area contributed by atoms with E-state index in [4.69, 9.17) is 11.6 Å². The number of rotatable bonds is 3. The van der Waals surface area contributed by atoms with Crippen molar-refractivity contribution in [2.75, 3.05) is 6.61 Å². The molecule has 3 nitrogen and oxygen atoms in total. The molecule has 0 aliphatic carbocycles. The second-order valence-electron chi connectivity index (χ2n) is 5.81. The van der Waals surface area contributed by atoms with Gasteiger partial charge in [-0.15, -0.1) is 11.8 Å². The molecule has 1 aliphatic heterocycles. The molecule has 1 aromatic heterocycles. The molecule has 1 aliphatic rings. The maximum atomic E-state index is 9.33. The van der Waals surface area contributed by atoms with Crippen LogP contribution in [0.15, 0.2) is 24.3 Å². The van der Waals surface area contributed by atoms with Gasteiger partial charge in [0.25, 0.3) is 0 Å². The Bertz CT molecular complexity index is 653. The first-order valence-electron chi connectivity index (χ1n) is 7.64. The number of hydrogen-bond donors (Lipinski definition) is 1. The van der Waals surface area contributed by atoms with Crippen LogP contribution in [0.5, 0.6) is 0 Å². The average molecular weight is 337 g/mol. The van der Waals surface area contributed by atoms with Crippen LogP contribution in [-0.2, 0) is 13.5 Å². The standard InChI is InChI=1S/C17H21ClN2OS/c1-11-16-15(20(2)19-11)8-7-14(9-10-21)22-17(16)12-3-5-13(18)6-4-12/h3-6,14,17,21H,7-10H2,1-2H3. The fourth-order valence-electron chi connectivity index (χ4n) is 3.23. The van der Waals surface area contributed by atoms with Crippen LogP contribution in [0.25, 0.3) is 0 Å². The summed E-state index contributed by atoms with van der Waals surface area (Å²) in [6.07, 6.45) is 2.95. The molecule has 0 fully saturated rings. The number of aryl methyl sites for hydroxylation is 2. The third-order valence-electron chi connectivity index (χ3n) is 4.31. The zero-order valence-electron chi connectivity index (χ0n) is 12.9. The van der Waals surface area contributed by atoms with E-state index < -0.39 is 0 Å². The van der Waals surface area contributed by atoms with Gasteiger partial charge in [-0.05, 0) is 43.9 Å². The van der Waals surface area contributed by atoms with Crippen LogP contribution in [0.3, 0.4) is 0 Å². The Hall–Kier alpha value is -0.970. The van der Waals surface area contributed by atoms with Crippen LogP contribution in [-0.4, -0.2) is 26.7 Å². The molecule has 3 rings (SSSR count). The van der Waals surface area contributed by atoms with E-state index >= 15 is 0 Å². The van der Waals surface area contributed by atoms with Crippen LogP contribution in [0.2, 0.25) is 5.02 Å². The van der Waals surface area contributed by atoms with Crippen molar-refractivity contribution in [1.82, 2.24) is 9.78 Å². The van der Waals surface area contributed by atoms with Gasteiger partial charge in [0, 0.05) is 35.2 Å². The predicted octanol–water partition coefficient (Wildman–Crippen LogP) is 3.90. The first-order valence-corrected chi connectivity index (χ1v) is 8.96. The van der Waals surface area contributed by atoms with Gasteiger partial charge in [0.15, 0.2) is 0 Å². The molecule has 5 heteroatoms. The number of aliphatic hydroxyl groups is 1. The molecule has 2 unspecified atom stereocenters. The number of nitrogens with zero attached hydrogens (tertiary/aromatic N) is 2. The van der Waals surface area contributed by atoms with Crippen LogP contribution < -0.4 is 0 Å². The molecule has 22 heavy (non-hydrogen) atoms.